The minimum Gasteiger partial charge on any atom is -0.382 e. The lowest BCUT2D eigenvalue weighted by atomic mass is 10.4. The molecule has 2 atom stereocenters. The van der Waals surface area contributed by atoms with Crippen molar-refractivity contribution in [2.24, 2.45) is 5.73 Å². The summed E-state index contributed by atoms with van der Waals surface area (Å²) in [4.78, 5) is 9.43. The van der Waals surface area contributed by atoms with Crippen LogP contribution in [0.2, 0.25) is 0 Å². The van der Waals surface area contributed by atoms with Crippen molar-refractivity contribution in [3.63, 3.8) is 0 Å². The summed E-state index contributed by atoms with van der Waals surface area (Å²) < 4.78 is 26.7. The number of hydrogen-bond donors (Lipinski definition) is 2. The van der Waals surface area contributed by atoms with E-state index in [2.05, 4.69) is 0 Å². The third-order valence-corrected chi connectivity index (χ3v) is 2.99. The first kappa shape index (κ1) is 17.0. The number of hydrogen-bond acceptors (Lipinski definition) is 5. The maximum atomic E-state index is 11.5. The molecule has 17 heavy (non-hydrogen) atoms. The van der Waals surface area contributed by atoms with Crippen molar-refractivity contribution < 1.29 is 27.7 Å². The molecular formula is C9H24N2O5P+. The number of ether oxygens (including phenoxy) is 1. The summed E-state index contributed by atoms with van der Waals surface area (Å²) >= 11 is 0. The van der Waals surface area contributed by atoms with Gasteiger partial charge in [0.25, 0.3) is 0 Å². The van der Waals surface area contributed by atoms with Crippen molar-refractivity contribution in [2.75, 3.05) is 54.6 Å². The molecule has 0 saturated heterocycles. The fraction of sp³-hybridized carbons (Fsp3) is 1.00. The van der Waals surface area contributed by atoms with Crippen molar-refractivity contribution in [1.82, 2.24) is 0 Å². The lowest BCUT2D eigenvalue weighted by Crippen LogP contribution is -2.37. The highest BCUT2D eigenvalue weighted by atomic mass is 31.2. The molecular weight excluding hydrogens is 247 g/mol. The van der Waals surface area contributed by atoms with Gasteiger partial charge in [0.1, 0.15) is 19.3 Å². The third kappa shape index (κ3) is 9.67. The molecule has 0 aliphatic carbocycles. The Morgan fingerprint density at radius 3 is 2.41 bits per heavy atom. The Bertz CT molecular complexity index is 256. The van der Waals surface area contributed by atoms with Gasteiger partial charge in [0.2, 0.25) is 0 Å². The smallest absolute Gasteiger partial charge is 0.382 e. The molecule has 3 N–H and O–H groups in total. The van der Waals surface area contributed by atoms with Gasteiger partial charge in [-0.25, -0.2) is 4.57 Å². The number of rotatable bonds is 9. The zero-order chi connectivity index (χ0) is 13.5. The molecule has 0 aliphatic heterocycles. The third-order valence-electron chi connectivity index (χ3n) is 1.91. The quantitative estimate of drug-likeness (QED) is 0.446. The fourth-order valence-corrected chi connectivity index (χ4v) is 1.87. The van der Waals surface area contributed by atoms with Crippen molar-refractivity contribution in [3.05, 3.63) is 0 Å². The lowest BCUT2D eigenvalue weighted by Gasteiger charge is -2.24. The van der Waals surface area contributed by atoms with Crippen LogP contribution in [0.3, 0.4) is 0 Å². The molecule has 104 valence electrons. The molecule has 0 saturated carbocycles. The van der Waals surface area contributed by atoms with E-state index in [1.54, 1.807) is 0 Å². The Kier molecular flexibility index (Phi) is 7.43. The first-order valence-corrected chi connectivity index (χ1v) is 6.85. The Balaban J connectivity index is 4.06. The van der Waals surface area contributed by atoms with E-state index < -0.39 is 13.9 Å². The highest BCUT2D eigenvalue weighted by molar-refractivity contribution is 7.47. The van der Waals surface area contributed by atoms with E-state index in [-0.39, 0.29) is 19.8 Å². The van der Waals surface area contributed by atoms with Crippen LogP contribution in [0.25, 0.3) is 0 Å². The minimum atomic E-state index is -4.05. The number of methoxy groups -OCH3 is 1. The van der Waals surface area contributed by atoms with Crippen molar-refractivity contribution in [2.45, 2.75) is 6.10 Å². The average Bonchev–Trinajstić information content (AvgIpc) is 2.14. The van der Waals surface area contributed by atoms with Gasteiger partial charge in [-0.05, 0) is 0 Å². The molecule has 2 unspecified atom stereocenters. The number of nitrogens with zero attached hydrogens (tertiary/aromatic N) is 1. The summed E-state index contributed by atoms with van der Waals surface area (Å²) in [5.74, 6) is 0. The first-order chi connectivity index (χ1) is 7.70. The summed E-state index contributed by atoms with van der Waals surface area (Å²) in [6, 6.07) is 0. The predicted octanol–water partition coefficient (Wildman–Crippen LogP) is -0.200. The Morgan fingerprint density at radius 1 is 1.41 bits per heavy atom. The van der Waals surface area contributed by atoms with Gasteiger partial charge >= 0.3 is 7.82 Å². The van der Waals surface area contributed by atoms with E-state index in [0.717, 1.165) is 0 Å². The van der Waals surface area contributed by atoms with Gasteiger partial charge in [0, 0.05) is 13.7 Å². The largest absolute Gasteiger partial charge is 0.472 e. The van der Waals surface area contributed by atoms with Gasteiger partial charge in [-0.1, -0.05) is 0 Å². The van der Waals surface area contributed by atoms with Gasteiger partial charge in [-0.15, -0.1) is 0 Å². The standard InChI is InChI=1S/C9H23N2O5P/c1-11(2,3)5-6-15-17(12,13)16-9(7-10)8-14-4/h9H,5-8,10H2,1-4H3/p+1. The maximum absolute atomic E-state index is 11.5. The second-order valence-electron chi connectivity index (χ2n) is 4.73. The molecule has 0 fully saturated rings. The Morgan fingerprint density at radius 2 is 2.00 bits per heavy atom. The van der Waals surface area contributed by atoms with Crippen molar-refractivity contribution in [1.29, 1.82) is 0 Å². The highest BCUT2D eigenvalue weighted by Gasteiger charge is 2.26. The van der Waals surface area contributed by atoms with Gasteiger partial charge in [0.15, 0.2) is 0 Å². The van der Waals surface area contributed by atoms with E-state index >= 15 is 0 Å². The first-order valence-electron chi connectivity index (χ1n) is 5.35. The monoisotopic (exact) mass is 271 g/mol. The summed E-state index contributed by atoms with van der Waals surface area (Å²) in [5.41, 5.74) is 5.37. The Labute approximate surface area is 103 Å². The van der Waals surface area contributed by atoms with Crippen LogP contribution < -0.4 is 5.73 Å². The van der Waals surface area contributed by atoms with Crippen LogP contribution in [0.15, 0.2) is 0 Å². The number of phosphoric ester groups is 1. The molecule has 0 amide bonds. The number of quaternary nitrogens is 1. The van der Waals surface area contributed by atoms with Gasteiger partial charge in [-0.3, -0.25) is 9.05 Å². The van der Waals surface area contributed by atoms with Crippen LogP contribution in [0.1, 0.15) is 0 Å². The van der Waals surface area contributed by atoms with Gasteiger partial charge < -0.3 is 19.8 Å². The minimum absolute atomic E-state index is 0.0943. The number of likely N-dealkylation sites (N-methyl/N-ethyl adjacent to an activating group) is 1. The second-order valence-corrected chi connectivity index (χ2v) is 6.14. The van der Waals surface area contributed by atoms with E-state index in [0.29, 0.717) is 11.0 Å². The molecule has 0 radical (unpaired) electrons. The summed E-state index contributed by atoms with van der Waals surface area (Å²) in [6.07, 6.45) is -0.639. The zero-order valence-corrected chi connectivity index (χ0v) is 11.9. The highest BCUT2D eigenvalue weighted by Crippen LogP contribution is 2.44. The van der Waals surface area contributed by atoms with Gasteiger partial charge in [-0.2, -0.15) is 0 Å². The maximum Gasteiger partial charge on any atom is 0.472 e. The molecule has 0 bridgehead atoms. The summed E-state index contributed by atoms with van der Waals surface area (Å²) in [7, 11) is 3.29. The van der Waals surface area contributed by atoms with Crippen LogP contribution in [0.5, 0.6) is 0 Å². The molecule has 0 aromatic rings. The van der Waals surface area contributed by atoms with Crippen LogP contribution in [-0.2, 0) is 18.3 Å². The van der Waals surface area contributed by atoms with E-state index in [9.17, 15) is 9.46 Å². The van der Waals surface area contributed by atoms with Crippen molar-refractivity contribution in [3.8, 4) is 0 Å². The molecule has 0 spiro atoms. The summed E-state index contributed by atoms with van der Waals surface area (Å²) in [5, 5.41) is 0. The molecule has 0 rings (SSSR count). The number of nitrogens with two attached hydrogens (primary N) is 1. The van der Waals surface area contributed by atoms with Crippen LogP contribution in [-0.4, -0.2) is 70.0 Å². The van der Waals surface area contributed by atoms with Crippen molar-refractivity contribution >= 4 is 7.82 Å². The lowest BCUT2D eigenvalue weighted by molar-refractivity contribution is -0.870. The number of phosphoric acid groups is 1. The predicted molar refractivity (Wildman–Crippen MR) is 64.5 cm³/mol. The fourth-order valence-electron chi connectivity index (χ4n) is 0.976. The van der Waals surface area contributed by atoms with E-state index in [4.69, 9.17) is 19.5 Å². The second kappa shape index (κ2) is 7.43. The van der Waals surface area contributed by atoms with E-state index in [1.807, 2.05) is 21.1 Å². The molecule has 0 aliphatic rings. The summed E-state index contributed by atoms with van der Waals surface area (Å²) in [6.45, 7) is 0.990. The normalized spacial score (nSPS) is 17.8. The molecule has 7 nitrogen and oxygen atoms in total. The molecule has 0 aromatic carbocycles. The van der Waals surface area contributed by atoms with E-state index in [1.165, 1.54) is 7.11 Å². The van der Waals surface area contributed by atoms with Crippen LogP contribution in [0, 0.1) is 0 Å². The molecule has 0 aromatic heterocycles. The molecule has 0 heterocycles. The average molecular weight is 271 g/mol. The Hall–Kier alpha value is -0.0100. The van der Waals surface area contributed by atoms with Crippen LogP contribution >= 0.6 is 7.82 Å². The van der Waals surface area contributed by atoms with Gasteiger partial charge in [0.05, 0.1) is 27.7 Å². The SMILES string of the molecule is COCC(CN)OP(=O)(O)OCC[N+](C)(C)C. The zero-order valence-electron chi connectivity index (χ0n) is 11.0. The topological polar surface area (TPSA) is 91.0 Å². The molecule has 8 heteroatoms. The van der Waals surface area contributed by atoms with Crippen LogP contribution in [0.4, 0.5) is 0 Å².